The molecule has 0 aromatic heterocycles. The van der Waals surface area contributed by atoms with Gasteiger partial charge in [0.25, 0.3) is 0 Å². The van der Waals surface area contributed by atoms with Gasteiger partial charge < -0.3 is 34.8 Å². The molecule has 1 heterocycles. The van der Waals surface area contributed by atoms with E-state index < -0.39 is 73.3 Å². The monoisotopic (exact) mass is 978 g/mol. The second-order valence-corrected chi connectivity index (χ2v) is 24.3. The zero-order valence-corrected chi connectivity index (χ0v) is 44.3. The van der Waals surface area contributed by atoms with Crippen LogP contribution >= 0.6 is 7.82 Å². The first-order chi connectivity index (χ1) is 30.6. The van der Waals surface area contributed by atoms with Crippen LogP contribution in [0.2, 0.25) is 0 Å². The molecule has 1 aliphatic heterocycles. The summed E-state index contributed by atoms with van der Waals surface area (Å²) >= 11 is 0. The summed E-state index contributed by atoms with van der Waals surface area (Å²) in [6.07, 6.45) is 2.47. The Kier molecular flexibility index (Phi) is 25.9. The Bertz CT molecular complexity index is 1640. The Morgan fingerprint density at radius 3 is 2.04 bits per heavy atom. The fraction of sp³-hybridized carbons (Fsp3) is 0.872. The molecule has 1 amide bonds. The number of aliphatic carboxylic acids is 1. The van der Waals surface area contributed by atoms with Crippen molar-refractivity contribution in [1.82, 2.24) is 25.3 Å². The fourth-order valence-electron chi connectivity index (χ4n) is 6.90. The quantitative estimate of drug-likeness (QED) is 0.0312. The zero-order valence-electron chi connectivity index (χ0n) is 43.4. The molecular weight excluding hydrogens is 890 g/mol. The summed E-state index contributed by atoms with van der Waals surface area (Å²) in [5.74, 6) is -2.91. The lowest BCUT2D eigenvalue weighted by Gasteiger charge is -2.33. The van der Waals surface area contributed by atoms with E-state index in [1.54, 1.807) is 39.6 Å². The molecule has 1 fully saturated rings. The molecule has 0 spiro atoms. The molecule has 67 heavy (non-hydrogen) atoms. The van der Waals surface area contributed by atoms with E-state index in [1.165, 1.54) is 0 Å². The summed E-state index contributed by atoms with van der Waals surface area (Å²) in [5.41, 5.74) is -2.25. The molecule has 0 aliphatic carbocycles. The molecule has 0 aromatic carbocycles. The molecule has 0 saturated carbocycles. The number of rotatable bonds is 31. The first kappa shape index (κ1) is 62.0. The van der Waals surface area contributed by atoms with Crippen LogP contribution in [-0.2, 0) is 56.6 Å². The van der Waals surface area contributed by atoms with E-state index in [1.807, 2.05) is 30.7 Å². The van der Waals surface area contributed by atoms with Gasteiger partial charge in [-0.05, 0) is 103 Å². The van der Waals surface area contributed by atoms with Gasteiger partial charge in [0.15, 0.2) is 11.9 Å². The number of esters is 3. The number of hydrogen-bond donors (Lipinski definition) is 4. The molecule has 20 heteroatoms. The summed E-state index contributed by atoms with van der Waals surface area (Å²) in [6, 6.07) is 0. The van der Waals surface area contributed by atoms with Crippen molar-refractivity contribution in [3.05, 3.63) is 0 Å². The second-order valence-electron chi connectivity index (χ2n) is 22.8. The van der Waals surface area contributed by atoms with Gasteiger partial charge in [-0.3, -0.25) is 52.5 Å². The van der Waals surface area contributed by atoms with Crippen LogP contribution < -0.4 is 10.6 Å². The summed E-state index contributed by atoms with van der Waals surface area (Å²) in [4.78, 5) is 91.7. The molecule has 1 rings (SSSR count). The topological polar surface area (TPSA) is 240 Å². The predicted octanol–water partition coefficient (Wildman–Crippen LogP) is 4.93. The van der Waals surface area contributed by atoms with E-state index in [4.69, 9.17) is 23.3 Å². The van der Waals surface area contributed by atoms with Gasteiger partial charge in [-0.25, -0.2) is 4.57 Å². The fourth-order valence-corrected chi connectivity index (χ4v) is 7.66. The van der Waals surface area contributed by atoms with Crippen molar-refractivity contribution in [1.29, 1.82) is 0 Å². The summed E-state index contributed by atoms with van der Waals surface area (Å²) in [5, 5.41) is 15.3. The molecule has 2 unspecified atom stereocenters. The first-order valence-corrected chi connectivity index (χ1v) is 25.1. The van der Waals surface area contributed by atoms with Crippen LogP contribution in [0.3, 0.4) is 0 Å². The summed E-state index contributed by atoms with van der Waals surface area (Å²) in [7, 11) is -1.09. The van der Waals surface area contributed by atoms with Crippen molar-refractivity contribution in [3.63, 3.8) is 0 Å². The number of amides is 1. The van der Waals surface area contributed by atoms with Gasteiger partial charge in [0.05, 0.1) is 50.2 Å². The maximum Gasteiger partial charge on any atom is 0.472 e. The number of carbonyl (C=O) groups excluding carboxylic acids is 5. The van der Waals surface area contributed by atoms with Crippen molar-refractivity contribution >= 4 is 43.4 Å². The van der Waals surface area contributed by atoms with Gasteiger partial charge in [-0.15, -0.1) is 0 Å². The largest absolute Gasteiger partial charge is 0.480 e. The lowest BCUT2D eigenvalue weighted by molar-refractivity contribution is -0.172. The minimum Gasteiger partial charge on any atom is -0.480 e. The number of cyclic esters (lactones) is 1. The molecule has 0 bridgehead atoms. The first-order valence-electron chi connectivity index (χ1n) is 23.6. The van der Waals surface area contributed by atoms with E-state index in [9.17, 15) is 43.3 Å². The van der Waals surface area contributed by atoms with Gasteiger partial charge in [0.2, 0.25) is 5.91 Å². The number of carboxylic acid groups (broad SMARTS) is 1. The lowest BCUT2D eigenvalue weighted by atomic mass is 9.80. The SMILES string of the molecule is CN(CCN(CC(=O)O)CC(C)(C)CNCC(=O)NCCOP(=O)(O)OCC(COC(=O)C(C)(C)CCC(C)(C)C)OC(=O)C(C)(C)CCC(C)(C)C)CC(=O)C[C@@H]1CCCN(C)CC(=O)O1. The van der Waals surface area contributed by atoms with Crippen molar-refractivity contribution < 1.29 is 66.6 Å². The van der Waals surface area contributed by atoms with Crippen LogP contribution in [0.5, 0.6) is 0 Å². The number of nitrogens with zero attached hydrogens (tertiary/aromatic N) is 3. The van der Waals surface area contributed by atoms with Gasteiger partial charge in [-0.2, -0.15) is 0 Å². The standard InChI is InChI=1S/C47H88N5O14P/c1-43(2,3)17-19-46(9,10)41(58)62-31-37(66-42(59)47(11,12)20-18-44(4,5)6)32-64-67(60,61)63-25-21-49-38(54)27-48-33-45(7,8)34-52(29-39(55)56)24-23-51(14)28-35(53)26-36-16-15-22-50(13)30-40(57)65-36/h36-37,48H,15-34H2,1-14H3,(H,49,54)(H,55,56)(H,60,61)/t36-,37?/m0/s1. The second kappa shape index (κ2) is 28.0. The van der Waals surface area contributed by atoms with Crippen molar-refractivity contribution in [2.75, 3.05) is 99.4 Å². The Morgan fingerprint density at radius 2 is 1.46 bits per heavy atom. The summed E-state index contributed by atoms with van der Waals surface area (Å²) < 4.78 is 40.0. The average molecular weight is 978 g/mol. The van der Waals surface area contributed by atoms with Crippen molar-refractivity contribution in [2.24, 2.45) is 27.1 Å². The minimum absolute atomic E-state index is 0.00321. The molecule has 1 aliphatic rings. The minimum atomic E-state index is -4.72. The normalized spacial score (nSPS) is 17.3. The number of likely N-dealkylation sites (N-methyl/N-ethyl adjacent to an activating group) is 2. The molecule has 1 saturated heterocycles. The average Bonchev–Trinajstić information content (AvgIpc) is 3.16. The Balaban J connectivity index is 2.66. The van der Waals surface area contributed by atoms with E-state index in [0.717, 1.165) is 25.8 Å². The molecule has 0 aromatic rings. The Morgan fingerprint density at radius 1 is 0.866 bits per heavy atom. The molecule has 390 valence electrons. The van der Waals surface area contributed by atoms with Gasteiger partial charge in [-0.1, -0.05) is 55.4 Å². The number of carbonyl (C=O) groups is 6. The van der Waals surface area contributed by atoms with Crippen LogP contribution in [0.1, 0.15) is 128 Å². The number of nitrogens with one attached hydrogen (secondary N) is 2. The maximum absolute atomic E-state index is 13.3. The van der Waals surface area contributed by atoms with Crippen LogP contribution in [0.25, 0.3) is 0 Å². The lowest BCUT2D eigenvalue weighted by Crippen LogP contribution is -2.46. The predicted molar refractivity (Wildman–Crippen MR) is 255 cm³/mol. The third kappa shape index (κ3) is 29.6. The van der Waals surface area contributed by atoms with Gasteiger partial charge in [0.1, 0.15) is 12.7 Å². The zero-order chi connectivity index (χ0) is 51.4. The number of ketones is 1. The Hall–Kier alpha value is -3.03. The molecule has 19 nitrogen and oxygen atoms in total. The number of ether oxygens (including phenoxy) is 3. The van der Waals surface area contributed by atoms with Crippen molar-refractivity contribution in [3.8, 4) is 0 Å². The highest BCUT2D eigenvalue weighted by Crippen LogP contribution is 2.43. The molecule has 0 radical (unpaired) electrons. The number of hydrogen-bond acceptors (Lipinski definition) is 16. The third-order valence-corrected chi connectivity index (χ3v) is 12.2. The highest BCUT2D eigenvalue weighted by molar-refractivity contribution is 7.47. The molecule has 4 N–H and O–H groups in total. The maximum atomic E-state index is 13.3. The van der Waals surface area contributed by atoms with Crippen LogP contribution in [-0.4, -0.2) is 172 Å². The molecular formula is C47H88N5O14P. The van der Waals surface area contributed by atoms with E-state index in [0.29, 0.717) is 45.4 Å². The third-order valence-electron chi connectivity index (χ3n) is 11.2. The summed E-state index contributed by atoms with van der Waals surface area (Å²) in [6.45, 7) is 24.1. The highest BCUT2D eigenvalue weighted by Gasteiger charge is 2.36. The van der Waals surface area contributed by atoms with E-state index in [2.05, 4.69) is 52.2 Å². The van der Waals surface area contributed by atoms with Gasteiger partial charge >= 0.3 is 31.7 Å². The number of phosphoric acid groups is 1. The highest BCUT2D eigenvalue weighted by atomic mass is 31.2. The van der Waals surface area contributed by atoms with Crippen LogP contribution in [0, 0.1) is 27.1 Å². The van der Waals surface area contributed by atoms with Crippen LogP contribution in [0.4, 0.5) is 0 Å². The van der Waals surface area contributed by atoms with Gasteiger partial charge in [0, 0.05) is 39.1 Å². The van der Waals surface area contributed by atoms with E-state index >= 15 is 0 Å². The molecule has 3 atom stereocenters. The van der Waals surface area contributed by atoms with Crippen molar-refractivity contribution in [2.45, 2.75) is 140 Å². The number of Topliss-reactive ketones (excluding diaryl/α,β-unsaturated/α-hetero) is 1. The number of carboxylic acids is 1. The Labute approximate surface area is 401 Å². The smallest absolute Gasteiger partial charge is 0.472 e. The van der Waals surface area contributed by atoms with Crippen LogP contribution in [0.15, 0.2) is 0 Å². The number of phosphoric ester groups is 1. The van der Waals surface area contributed by atoms with E-state index in [-0.39, 0.29) is 68.3 Å².